The smallest absolute Gasteiger partial charge is 0.134 e. The highest BCUT2D eigenvalue weighted by molar-refractivity contribution is 5.55. The van der Waals surface area contributed by atoms with Gasteiger partial charge in [0.05, 0.1) is 0 Å². The molecule has 3 N–H and O–H groups in total. The first kappa shape index (κ1) is 15.0. The quantitative estimate of drug-likeness (QED) is 0.864. The van der Waals surface area contributed by atoms with Crippen molar-refractivity contribution >= 4 is 11.6 Å². The van der Waals surface area contributed by atoms with Crippen LogP contribution in [0.15, 0.2) is 0 Å². The van der Waals surface area contributed by atoms with Gasteiger partial charge >= 0.3 is 0 Å². The number of nitrogens with two attached hydrogens (primary N) is 1. The van der Waals surface area contributed by atoms with E-state index in [1.165, 1.54) is 25.7 Å². The van der Waals surface area contributed by atoms with Gasteiger partial charge in [0.15, 0.2) is 0 Å². The van der Waals surface area contributed by atoms with E-state index in [9.17, 15) is 0 Å². The zero-order valence-corrected chi connectivity index (χ0v) is 13.2. The Bertz CT molecular complexity index is 464. The molecule has 0 atom stereocenters. The van der Waals surface area contributed by atoms with E-state index in [0.717, 1.165) is 30.2 Å². The third kappa shape index (κ3) is 2.87. The minimum Gasteiger partial charge on any atom is -0.383 e. The second-order valence-corrected chi connectivity index (χ2v) is 6.03. The number of nitrogens with zero attached hydrogens (tertiary/aromatic N) is 3. The number of rotatable bonds is 5. The Labute approximate surface area is 122 Å². The van der Waals surface area contributed by atoms with Crippen molar-refractivity contribution in [1.82, 2.24) is 14.9 Å². The van der Waals surface area contributed by atoms with Gasteiger partial charge in [-0.15, -0.1) is 0 Å². The van der Waals surface area contributed by atoms with E-state index >= 15 is 0 Å². The zero-order valence-electron chi connectivity index (χ0n) is 13.2. The number of hydrogen-bond acceptors (Lipinski definition) is 5. The number of aryl methyl sites for hydroxylation is 1. The van der Waals surface area contributed by atoms with Crippen molar-refractivity contribution in [3.8, 4) is 0 Å². The van der Waals surface area contributed by atoms with Crippen LogP contribution in [0.1, 0.15) is 44.0 Å². The average molecular weight is 277 g/mol. The van der Waals surface area contributed by atoms with Crippen LogP contribution in [-0.4, -0.2) is 41.0 Å². The molecule has 112 valence electrons. The molecule has 1 saturated carbocycles. The van der Waals surface area contributed by atoms with Gasteiger partial charge in [0.25, 0.3) is 0 Å². The number of anilines is 2. The molecule has 0 bridgehead atoms. The molecule has 1 aliphatic carbocycles. The van der Waals surface area contributed by atoms with E-state index in [1.807, 2.05) is 13.8 Å². The summed E-state index contributed by atoms with van der Waals surface area (Å²) in [5.74, 6) is 2.29. The maximum Gasteiger partial charge on any atom is 0.134 e. The van der Waals surface area contributed by atoms with Crippen LogP contribution >= 0.6 is 0 Å². The number of hydrogen-bond donors (Lipinski definition) is 2. The van der Waals surface area contributed by atoms with Gasteiger partial charge in [0, 0.05) is 24.1 Å². The molecular weight excluding hydrogens is 250 g/mol. The van der Waals surface area contributed by atoms with Crippen molar-refractivity contribution in [1.29, 1.82) is 0 Å². The Morgan fingerprint density at radius 2 is 1.90 bits per heavy atom. The minimum atomic E-state index is 0.249. The van der Waals surface area contributed by atoms with Crippen LogP contribution in [0.5, 0.6) is 0 Å². The van der Waals surface area contributed by atoms with E-state index in [1.54, 1.807) is 0 Å². The van der Waals surface area contributed by atoms with E-state index in [4.69, 9.17) is 5.73 Å². The lowest BCUT2D eigenvalue weighted by Crippen LogP contribution is -2.47. The lowest BCUT2D eigenvalue weighted by molar-refractivity contribution is 0.172. The summed E-state index contributed by atoms with van der Waals surface area (Å²) in [6.07, 6.45) is 5.91. The SMILES string of the molecule is CCc1nc(N)c(C)c(NCC2(N(C)C)CCCC2)n1. The Balaban J connectivity index is 2.16. The van der Waals surface area contributed by atoms with Gasteiger partial charge in [-0.05, 0) is 33.9 Å². The Morgan fingerprint density at radius 1 is 1.25 bits per heavy atom. The summed E-state index contributed by atoms with van der Waals surface area (Å²) in [7, 11) is 4.34. The minimum absolute atomic E-state index is 0.249. The maximum atomic E-state index is 5.97. The lowest BCUT2D eigenvalue weighted by Gasteiger charge is -2.36. The van der Waals surface area contributed by atoms with Crippen molar-refractivity contribution in [3.63, 3.8) is 0 Å². The highest BCUT2D eigenvalue weighted by Gasteiger charge is 2.35. The Morgan fingerprint density at radius 3 is 2.45 bits per heavy atom. The third-order valence-corrected chi connectivity index (χ3v) is 4.61. The molecule has 0 saturated heterocycles. The van der Waals surface area contributed by atoms with E-state index in [2.05, 4.69) is 34.3 Å². The molecule has 0 unspecified atom stereocenters. The van der Waals surface area contributed by atoms with Crippen molar-refractivity contribution in [2.45, 2.75) is 51.5 Å². The molecule has 0 amide bonds. The molecule has 0 aliphatic heterocycles. The molecule has 0 aromatic carbocycles. The van der Waals surface area contributed by atoms with Gasteiger partial charge in [0.2, 0.25) is 0 Å². The summed E-state index contributed by atoms with van der Waals surface area (Å²) >= 11 is 0. The van der Waals surface area contributed by atoms with Crippen LogP contribution in [-0.2, 0) is 6.42 Å². The van der Waals surface area contributed by atoms with E-state index in [-0.39, 0.29) is 5.54 Å². The zero-order chi connectivity index (χ0) is 14.8. The Hall–Kier alpha value is -1.36. The van der Waals surface area contributed by atoms with Gasteiger partial charge < -0.3 is 16.0 Å². The summed E-state index contributed by atoms with van der Waals surface area (Å²) in [4.78, 5) is 11.2. The second kappa shape index (κ2) is 5.95. The molecule has 5 nitrogen and oxygen atoms in total. The number of nitrogens with one attached hydrogen (secondary N) is 1. The fourth-order valence-corrected chi connectivity index (χ4v) is 2.98. The van der Waals surface area contributed by atoms with Crippen LogP contribution in [0, 0.1) is 6.92 Å². The molecule has 1 aromatic heterocycles. The van der Waals surface area contributed by atoms with Crippen molar-refractivity contribution in [3.05, 3.63) is 11.4 Å². The van der Waals surface area contributed by atoms with Crippen LogP contribution in [0.2, 0.25) is 0 Å². The van der Waals surface area contributed by atoms with Crippen molar-refractivity contribution < 1.29 is 0 Å². The van der Waals surface area contributed by atoms with Gasteiger partial charge in [0.1, 0.15) is 17.5 Å². The molecule has 1 fully saturated rings. The van der Waals surface area contributed by atoms with E-state index in [0.29, 0.717) is 5.82 Å². The number of nitrogen functional groups attached to an aromatic ring is 1. The molecule has 0 spiro atoms. The molecular formula is C15H27N5. The summed E-state index contributed by atoms with van der Waals surface area (Å²) in [6.45, 7) is 4.95. The predicted molar refractivity (Wildman–Crippen MR) is 83.9 cm³/mol. The van der Waals surface area contributed by atoms with Gasteiger partial charge in [-0.2, -0.15) is 0 Å². The normalized spacial score (nSPS) is 17.6. The summed E-state index contributed by atoms with van der Waals surface area (Å²) in [6, 6.07) is 0. The first-order chi connectivity index (χ1) is 9.48. The van der Waals surface area contributed by atoms with Gasteiger partial charge in [-0.25, -0.2) is 9.97 Å². The molecule has 0 radical (unpaired) electrons. The summed E-state index contributed by atoms with van der Waals surface area (Å²) < 4.78 is 0. The van der Waals surface area contributed by atoms with Crippen LogP contribution in [0.3, 0.4) is 0 Å². The third-order valence-electron chi connectivity index (χ3n) is 4.61. The monoisotopic (exact) mass is 277 g/mol. The standard InChI is InChI=1S/C15H27N5/c1-5-12-18-13(16)11(2)14(19-12)17-10-15(20(3)4)8-6-7-9-15/h5-10H2,1-4H3,(H3,16,17,18,19). The molecule has 1 heterocycles. The molecule has 20 heavy (non-hydrogen) atoms. The largest absolute Gasteiger partial charge is 0.383 e. The highest BCUT2D eigenvalue weighted by Crippen LogP contribution is 2.34. The molecule has 5 heteroatoms. The fourth-order valence-electron chi connectivity index (χ4n) is 2.98. The topological polar surface area (TPSA) is 67.1 Å². The van der Waals surface area contributed by atoms with Crippen molar-refractivity contribution in [2.75, 3.05) is 31.7 Å². The molecule has 1 aliphatic rings. The van der Waals surface area contributed by atoms with Crippen molar-refractivity contribution in [2.24, 2.45) is 0 Å². The molecule has 1 aromatic rings. The highest BCUT2D eigenvalue weighted by atomic mass is 15.2. The van der Waals surface area contributed by atoms with Gasteiger partial charge in [-0.3, -0.25) is 0 Å². The Kier molecular flexibility index (Phi) is 4.48. The van der Waals surface area contributed by atoms with Crippen LogP contribution in [0.4, 0.5) is 11.6 Å². The summed E-state index contributed by atoms with van der Waals surface area (Å²) in [5.41, 5.74) is 7.17. The summed E-state index contributed by atoms with van der Waals surface area (Å²) in [5, 5.41) is 3.52. The fraction of sp³-hybridized carbons (Fsp3) is 0.733. The van der Waals surface area contributed by atoms with E-state index < -0.39 is 0 Å². The van der Waals surface area contributed by atoms with Crippen LogP contribution in [0.25, 0.3) is 0 Å². The first-order valence-corrected chi connectivity index (χ1v) is 7.53. The predicted octanol–water partition coefficient (Wildman–Crippen LogP) is 2.22. The first-order valence-electron chi connectivity index (χ1n) is 7.53. The lowest BCUT2D eigenvalue weighted by atomic mass is 9.96. The molecule has 2 rings (SSSR count). The number of aromatic nitrogens is 2. The second-order valence-electron chi connectivity index (χ2n) is 6.03. The number of likely N-dealkylation sites (N-methyl/N-ethyl adjacent to an activating group) is 1. The van der Waals surface area contributed by atoms with Gasteiger partial charge in [-0.1, -0.05) is 19.8 Å². The average Bonchev–Trinajstić information content (AvgIpc) is 2.90. The maximum absolute atomic E-state index is 5.97. The van der Waals surface area contributed by atoms with Crippen LogP contribution < -0.4 is 11.1 Å².